The Hall–Kier alpha value is -1.39. The van der Waals surface area contributed by atoms with Crippen molar-refractivity contribution in [1.82, 2.24) is 15.1 Å². The van der Waals surface area contributed by atoms with Crippen molar-refractivity contribution in [3.05, 3.63) is 35.9 Å². The third-order valence-electron chi connectivity index (χ3n) is 4.09. The molecule has 2 rings (SSSR count). The van der Waals surface area contributed by atoms with Crippen LogP contribution < -0.4 is 5.32 Å². The molecule has 4 nitrogen and oxygen atoms in total. The van der Waals surface area contributed by atoms with Gasteiger partial charge in [-0.15, -0.1) is 0 Å². The van der Waals surface area contributed by atoms with Gasteiger partial charge in [-0.2, -0.15) is 0 Å². The van der Waals surface area contributed by atoms with Gasteiger partial charge in [0.05, 0.1) is 0 Å². The number of nitrogens with one attached hydrogen (secondary N) is 1. The number of amides is 1. The van der Waals surface area contributed by atoms with Crippen molar-refractivity contribution >= 4 is 5.91 Å². The summed E-state index contributed by atoms with van der Waals surface area (Å²) in [7, 11) is 1.92. The molecule has 0 spiro atoms. The minimum Gasteiger partial charge on any atom is -0.344 e. The van der Waals surface area contributed by atoms with Crippen molar-refractivity contribution in [2.45, 2.75) is 19.3 Å². The summed E-state index contributed by atoms with van der Waals surface area (Å²) >= 11 is 0. The summed E-state index contributed by atoms with van der Waals surface area (Å²) in [6.07, 6.45) is 2.56. The lowest BCUT2D eigenvalue weighted by Gasteiger charge is -2.29. The van der Waals surface area contributed by atoms with Crippen LogP contribution in [-0.4, -0.2) is 62.0 Å². The number of likely N-dealkylation sites (N-methyl/N-ethyl adjacent to an activating group) is 1. The summed E-state index contributed by atoms with van der Waals surface area (Å²) in [5.74, 6) is 0.265. The molecular formula is C17H27N3O. The Kier molecular flexibility index (Phi) is 6.70. The van der Waals surface area contributed by atoms with Crippen molar-refractivity contribution in [2.75, 3.05) is 46.3 Å². The molecule has 0 bridgehead atoms. The van der Waals surface area contributed by atoms with Gasteiger partial charge in [0.2, 0.25) is 5.91 Å². The number of rotatable bonds is 7. The van der Waals surface area contributed by atoms with E-state index >= 15 is 0 Å². The fraction of sp³-hybridized carbons (Fsp3) is 0.588. The van der Waals surface area contributed by atoms with E-state index in [2.05, 4.69) is 34.5 Å². The van der Waals surface area contributed by atoms with Gasteiger partial charge in [0.15, 0.2) is 0 Å². The summed E-state index contributed by atoms with van der Waals surface area (Å²) in [4.78, 5) is 16.4. The van der Waals surface area contributed by atoms with E-state index in [0.717, 1.165) is 52.1 Å². The second kappa shape index (κ2) is 8.80. The van der Waals surface area contributed by atoms with E-state index in [9.17, 15) is 4.79 Å². The van der Waals surface area contributed by atoms with Crippen LogP contribution in [0.2, 0.25) is 0 Å². The predicted molar refractivity (Wildman–Crippen MR) is 86.3 cm³/mol. The van der Waals surface area contributed by atoms with Crippen LogP contribution in [0.15, 0.2) is 30.3 Å². The van der Waals surface area contributed by atoms with Gasteiger partial charge in [-0.3, -0.25) is 9.69 Å². The Bertz CT molecular complexity index is 415. The van der Waals surface area contributed by atoms with Crippen LogP contribution >= 0.6 is 0 Å². The lowest BCUT2D eigenvalue weighted by Crippen LogP contribution is -2.46. The Morgan fingerprint density at radius 3 is 2.67 bits per heavy atom. The van der Waals surface area contributed by atoms with Crippen LogP contribution in [0.3, 0.4) is 0 Å². The molecule has 0 unspecified atom stereocenters. The average molecular weight is 289 g/mol. The smallest absolute Gasteiger partial charge is 0.222 e. The zero-order chi connectivity index (χ0) is 14.9. The van der Waals surface area contributed by atoms with Gasteiger partial charge in [0.1, 0.15) is 0 Å². The normalized spacial score (nSPS) is 15.9. The highest BCUT2D eigenvalue weighted by Crippen LogP contribution is 2.06. The van der Waals surface area contributed by atoms with Crippen LogP contribution in [0.4, 0.5) is 0 Å². The number of carbonyl (C=O) groups excluding carboxylic acids is 1. The molecule has 4 heteroatoms. The van der Waals surface area contributed by atoms with Gasteiger partial charge in [0, 0.05) is 52.7 Å². The molecule has 116 valence electrons. The molecule has 1 aliphatic heterocycles. The lowest BCUT2D eigenvalue weighted by atomic mass is 10.1. The van der Waals surface area contributed by atoms with Crippen molar-refractivity contribution < 1.29 is 4.79 Å². The van der Waals surface area contributed by atoms with Gasteiger partial charge in [-0.1, -0.05) is 30.3 Å². The first kappa shape index (κ1) is 16.0. The topological polar surface area (TPSA) is 35.6 Å². The van der Waals surface area contributed by atoms with Gasteiger partial charge in [0.25, 0.3) is 0 Å². The van der Waals surface area contributed by atoms with Gasteiger partial charge in [-0.05, 0) is 18.4 Å². The molecule has 1 aliphatic rings. The minimum absolute atomic E-state index is 0.265. The number of carbonyl (C=O) groups is 1. The van der Waals surface area contributed by atoms with Crippen molar-refractivity contribution in [1.29, 1.82) is 0 Å². The molecule has 21 heavy (non-hydrogen) atoms. The average Bonchev–Trinajstić information content (AvgIpc) is 2.54. The summed E-state index contributed by atoms with van der Waals surface area (Å²) < 4.78 is 0. The lowest BCUT2D eigenvalue weighted by molar-refractivity contribution is -0.130. The molecular weight excluding hydrogens is 262 g/mol. The highest BCUT2D eigenvalue weighted by molar-refractivity contribution is 5.75. The number of piperazine rings is 1. The summed E-state index contributed by atoms with van der Waals surface area (Å²) in [5.41, 5.74) is 1.31. The zero-order valence-electron chi connectivity index (χ0n) is 13.1. The Balaban J connectivity index is 1.60. The maximum atomic E-state index is 12.1. The first-order chi connectivity index (χ1) is 10.3. The Morgan fingerprint density at radius 2 is 1.95 bits per heavy atom. The highest BCUT2D eigenvalue weighted by atomic mass is 16.2. The Morgan fingerprint density at radius 1 is 1.24 bits per heavy atom. The maximum absolute atomic E-state index is 12.1. The second-order valence-corrected chi connectivity index (χ2v) is 5.75. The van der Waals surface area contributed by atoms with Gasteiger partial charge >= 0.3 is 0 Å². The SMILES string of the molecule is CN(CCN1CCNCC1)C(=O)CCCc1ccccc1. The van der Waals surface area contributed by atoms with E-state index in [1.807, 2.05) is 18.0 Å². The number of benzene rings is 1. The standard InChI is InChI=1S/C17H27N3O/c1-19(14-15-20-12-10-18-11-13-20)17(21)9-5-8-16-6-3-2-4-7-16/h2-4,6-7,18H,5,8-15H2,1H3. The number of nitrogens with zero attached hydrogens (tertiary/aromatic N) is 2. The third-order valence-corrected chi connectivity index (χ3v) is 4.09. The summed E-state index contributed by atoms with van der Waals surface area (Å²) in [5, 5.41) is 3.35. The monoisotopic (exact) mass is 289 g/mol. The van der Waals surface area contributed by atoms with E-state index in [1.165, 1.54) is 5.56 Å². The van der Waals surface area contributed by atoms with Crippen LogP contribution in [0.1, 0.15) is 18.4 Å². The zero-order valence-corrected chi connectivity index (χ0v) is 13.1. The molecule has 0 aromatic heterocycles. The third kappa shape index (κ3) is 5.86. The van der Waals surface area contributed by atoms with E-state index < -0.39 is 0 Å². The molecule has 1 saturated heterocycles. The van der Waals surface area contributed by atoms with E-state index in [-0.39, 0.29) is 5.91 Å². The number of hydrogen-bond acceptors (Lipinski definition) is 3. The van der Waals surface area contributed by atoms with Crippen LogP contribution in [0, 0.1) is 0 Å². The quantitative estimate of drug-likeness (QED) is 0.823. The van der Waals surface area contributed by atoms with E-state index in [0.29, 0.717) is 6.42 Å². The first-order valence-corrected chi connectivity index (χ1v) is 7.96. The fourth-order valence-electron chi connectivity index (χ4n) is 2.63. The van der Waals surface area contributed by atoms with E-state index in [4.69, 9.17) is 0 Å². The molecule has 0 saturated carbocycles. The van der Waals surface area contributed by atoms with Crippen LogP contribution in [0.5, 0.6) is 0 Å². The van der Waals surface area contributed by atoms with Gasteiger partial charge in [-0.25, -0.2) is 0 Å². The Labute approximate surface area is 128 Å². The van der Waals surface area contributed by atoms with Crippen molar-refractivity contribution in [3.8, 4) is 0 Å². The van der Waals surface area contributed by atoms with Crippen molar-refractivity contribution in [3.63, 3.8) is 0 Å². The molecule has 1 heterocycles. The highest BCUT2D eigenvalue weighted by Gasteiger charge is 2.12. The van der Waals surface area contributed by atoms with Gasteiger partial charge < -0.3 is 10.2 Å². The molecule has 1 N–H and O–H groups in total. The molecule has 0 radical (unpaired) electrons. The van der Waals surface area contributed by atoms with Crippen LogP contribution in [-0.2, 0) is 11.2 Å². The van der Waals surface area contributed by atoms with E-state index in [1.54, 1.807) is 0 Å². The largest absolute Gasteiger partial charge is 0.344 e. The summed E-state index contributed by atoms with van der Waals surface area (Å²) in [6.45, 7) is 6.14. The molecule has 0 aliphatic carbocycles. The molecule has 1 aromatic rings. The molecule has 1 aromatic carbocycles. The summed E-state index contributed by atoms with van der Waals surface area (Å²) in [6, 6.07) is 10.4. The first-order valence-electron chi connectivity index (χ1n) is 7.96. The minimum atomic E-state index is 0.265. The van der Waals surface area contributed by atoms with Crippen molar-refractivity contribution in [2.24, 2.45) is 0 Å². The second-order valence-electron chi connectivity index (χ2n) is 5.75. The number of hydrogen-bond donors (Lipinski definition) is 1. The molecule has 0 atom stereocenters. The number of aryl methyl sites for hydroxylation is 1. The molecule has 1 fully saturated rings. The predicted octanol–water partition coefficient (Wildman–Crippen LogP) is 1.37. The maximum Gasteiger partial charge on any atom is 0.222 e. The fourth-order valence-corrected chi connectivity index (χ4v) is 2.63. The van der Waals surface area contributed by atoms with Crippen LogP contribution in [0.25, 0.3) is 0 Å². The molecule has 1 amide bonds.